The molecule has 0 N–H and O–H groups in total. The Hall–Kier alpha value is -3.05. The first kappa shape index (κ1) is 16.4. The lowest BCUT2D eigenvalue weighted by molar-refractivity contribution is -0.387. The van der Waals surface area contributed by atoms with Crippen LogP contribution >= 0.6 is 11.8 Å². The minimum absolute atomic E-state index is 0.136. The van der Waals surface area contributed by atoms with Crippen LogP contribution in [0.5, 0.6) is 0 Å². The Morgan fingerprint density at radius 1 is 0.846 bits per heavy atom. The minimum Gasteiger partial charge on any atom is -0.342 e. The fourth-order valence-electron chi connectivity index (χ4n) is 3.02. The lowest BCUT2D eigenvalue weighted by Crippen LogP contribution is -1.97. The molecule has 0 aliphatic rings. The van der Waals surface area contributed by atoms with Gasteiger partial charge in [-0.15, -0.1) is 0 Å². The third kappa shape index (κ3) is 3.21. The molecule has 0 fully saturated rings. The van der Waals surface area contributed by atoms with Gasteiger partial charge in [0.15, 0.2) is 0 Å². The fourth-order valence-corrected chi connectivity index (χ4v) is 4.11. The summed E-state index contributed by atoms with van der Waals surface area (Å²) in [6, 6.07) is 25.3. The maximum atomic E-state index is 11.3. The second kappa shape index (κ2) is 7.06. The maximum Gasteiger partial charge on any atom is 0.283 e. The molecule has 3 aromatic carbocycles. The summed E-state index contributed by atoms with van der Waals surface area (Å²) in [5.74, 6) is 0. The van der Waals surface area contributed by atoms with Gasteiger partial charge in [0.1, 0.15) is 0 Å². The monoisotopic (exact) mass is 360 g/mol. The van der Waals surface area contributed by atoms with E-state index in [-0.39, 0.29) is 10.6 Å². The predicted molar refractivity (Wildman–Crippen MR) is 105 cm³/mol. The van der Waals surface area contributed by atoms with Crippen molar-refractivity contribution in [1.29, 1.82) is 0 Å². The van der Waals surface area contributed by atoms with Gasteiger partial charge in [-0.3, -0.25) is 10.1 Å². The van der Waals surface area contributed by atoms with Crippen LogP contribution in [0.3, 0.4) is 0 Å². The number of fused-ring (bicyclic) bond motifs is 1. The highest BCUT2D eigenvalue weighted by Crippen LogP contribution is 2.39. The molecule has 1 aromatic heterocycles. The molecule has 4 aromatic rings. The van der Waals surface area contributed by atoms with Crippen molar-refractivity contribution in [3.05, 3.63) is 101 Å². The molecule has 4 rings (SSSR count). The average molecular weight is 360 g/mol. The van der Waals surface area contributed by atoms with Crippen molar-refractivity contribution >= 4 is 28.4 Å². The second-order valence-corrected chi connectivity index (χ2v) is 7.03. The first-order valence-corrected chi connectivity index (χ1v) is 9.07. The van der Waals surface area contributed by atoms with Crippen molar-refractivity contribution in [1.82, 2.24) is 4.57 Å². The van der Waals surface area contributed by atoms with Gasteiger partial charge < -0.3 is 4.57 Å². The Labute approximate surface area is 155 Å². The van der Waals surface area contributed by atoms with Gasteiger partial charge in [0.05, 0.1) is 9.82 Å². The van der Waals surface area contributed by atoms with Crippen LogP contribution in [0.15, 0.2) is 94.9 Å². The van der Waals surface area contributed by atoms with Crippen molar-refractivity contribution in [2.45, 2.75) is 16.3 Å². The quantitative estimate of drug-likeness (QED) is 0.336. The maximum absolute atomic E-state index is 11.3. The number of hydrogen-bond donors (Lipinski definition) is 0. The molecule has 5 heteroatoms. The molecule has 0 unspecified atom stereocenters. The van der Waals surface area contributed by atoms with Gasteiger partial charge in [-0.1, -0.05) is 72.4 Å². The number of rotatable bonds is 5. The van der Waals surface area contributed by atoms with E-state index in [0.717, 1.165) is 22.3 Å². The van der Waals surface area contributed by atoms with Crippen molar-refractivity contribution in [2.75, 3.05) is 0 Å². The topological polar surface area (TPSA) is 48.1 Å². The SMILES string of the molecule is O=[N+]([O-])c1ccccc1Sc1cn(Cc2ccccc2)c2ccccc12. The van der Waals surface area contributed by atoms with Gasteiger partial charge in [0.25, 0.3) is 5.69 Å². The molecule has 0 amide bonds. The van der Waals surface area contributed by atoms with Crippen molar-refractivity contribution in [3.8, 4) is 0 Å². The normalized spacial score (nSPS) is 10.9. The molecule has 0 aliphatic carbocycles. The Bertz CT molecular complexity index is 1070. The molecule has 0 aliphatic heterocycles. The zero-order chi connectivity index (χ0) is 17.9. The molecule has 4 nitrogen and oxygen atoms in total. The summed E-state index contributed by atoms with van der Waals surface area (Å²) in [4.78, 5) is 12.7. The Morgan fingerprint density at radius 2 is 1.54 bits per heavy atom. The lowest BCUT2D eigenvalue weighted by Gasteiger charge is -2.05. The Kier molecular flexibility index (Phi) is 4.46. The number of benzene rings is 3. The summed E-state index contributed by atoms with van der Waals surface area (Å²) >= 11 is 1.44. The zero-order valence-electron chi connectivity index (χ0n) is 13.9. The van der Waals surface area contributed by atoms with Crippen LogP contribution in [0.2, 0.25) is 0 Å². The van der Waals surface area contributed by atoms with Crippen molar-refractivity contribution < 1.29 is 4.92 Å². The van der Waals surface area contributed by atoms with Gasteiger partial charge in [0.2, 0.25) is 0 Å². The molecule has 1 heterocycles. The average Bonchev–Trinajstić information content (AvgIpc) is 3.00. The third-order valence-electron chi connectivity index (χ3n) is 4.23. The molecule has 0 saturated heterocycles. The van der Waals surface area contributed by atoms with Crippen LogP contribution in [0, 0.1) is 10.1 Å². The van der Waals surface area contributed by atoms with E-state index in [1.165, 1.54) is 17.3 Å². The first-order chi connectivity index (χ1) is 12.7. The zero-order valence-corrected chi connectivity index (χ0v) is 14.7. The largest absolute Gasteiger partial charge is 0.342 e. The van der Waals surface area contributed by atoms with E-state index in [2.05, 4.69) is 35.0 Å². The standard InChI is InChI=1S/C21H16N2O2S/c24-23(25)19-12-6-7-13-20(19)26-21-15-22(14-16-8-2-1-3-9-16)18-11-5-4-10-17(18)21/h1-13,15H,14H2. The van der Waals surface area contributed by atoms with Crippen LogP contribution in [0.4, 0.5) is 5.69 Å². The number of nitrogens with zero attached hydrogens (tertiary/aromatic N) is 2. The summed E-state index contributed by atoms with van der Waals surface area (Å²) in [6.07, 6.45) is 2.08. The van der Waals surface area contributed by atoms with Crippen LogP contribution in [-0.4, -0.2) is 9.49 Å². The van der Waals surface area contributed by atoms with Crippen LogP contribution in [0.25, 0.3) is 10.9 Å². The molecule has 0 bridgehead atoms. The first-order valence-electron chi connectivity index (χ1n) is 8.25. The summed E-state index contributed by atoms with van der Waals surface area (Å²) < 4.78 is 2.20. The number of para-hydroxylation sites is 2. The highest BCUT2D eigenvalue weighted by atomic mass is 32.2. The van der Waals surface area contributed by atoms with Crippen molar-refractivity contribution in [3.63, 3.8) is 0 Å². The number of nitro groups is 1. The highest BCUT2D eigenvalue weighted by molar-refractivity contribution is 7.99. The Balaban J connectivity index is 1.76. The van der Waals surface area contributed by atoms with Crippen LogP contribution in [-0.2, 0) is 6.54 Å². The lowest BCUT2D eigenvalue weighted by atomic mass is 10.2. The van der Waals surface area contributed by atoms with E-state index in [1.807, 2.05) is 36.4 Å². The molecular formula is C21H16N2O2S. The summed E-state index contributed by atoms with van der Waals surface area (Å²) in [6.45, 7) is 0.763. The molecular weight excluding hydrogens is 344 g/mol. The van der Waals surface area contributed by atoms with Gasteiger partial charge in [-0.25, -0.2) is 0 Å². The second-order valence-electron chi connectivity index (χ2n) is 5.95. The summed E-state index contributed by atoms with van der Waals surface area (Å²) in [5, 5.41) is 12.4. The molecule has 0 atom stereocenters. The van der Waals surface area contributed by atoms with Gasteiger partial charge in [-0.05, 0) is 17.7 Å². The van der Waals surface area contributed by atoms with E-state index >= 15 is 0 Å². The van der Waals surface area contributed by atoms with E-state index in [1.54, 1.807) is 18.2 Å². The van der Waals surface area contributed by atoms with E-state index in [4.69, 9.17) is 0 Å². The van der Waals surface area contributed by atoms with Gasteiger partial charge in [0, 0.05) is 34.6 Å². The third-order valence-corrected chi connectivity index (χ3v) is 5.34. The molecule has 26 heavy (non-hydrogen) atoms. The molecule has 0 radical (unpaired) electrons. The van der Waals surface area contributed by atoms with Gasteiger partial charge >= 0.3 is 0 Å². The van der Waals surface area contributed by atoms with E-state index in [0.29, 0.717) is 4.90 Å². The number of hydrogen-bond acceptors (Lipinski definition) is 3. The fraction of sp³-hybridized carbons (Fsp3) is 0.0476. The molecule has 0 saturated carbocycles. The molecule has 0 spiro atoms. The number of aromatic nitrogens is 1. The molecule has 128 valence electrons. The minimum atomic E-state index is -0.328. The number of nitro benzene ring substituents is 1. The Morgan fingerprint density at radius 3 is 2.35 bits per heavy atom. The highest BCUT2D eigenvalue weighted by Gasteiger charge is 2.16. The summed E-state index contributed by atoms with van der Waals surface area (Å²) in [7, 11) is 0. The summed E-state index contributed by atoms with van der Waals surface area (Å²) in [5.41, 5.74) is 2.48. The van der Waals surface area contributed by atoms with Gasteiger partial charge in [-0.2, -0.15) is 0 Å². The smallest absolute Gasteiger partial charge is 0.283 e. The van der Waals surface area contributed by atoms with E-state index < -0.39 is 0 Å². The van der Waals surface area contributed by atoms with Crippen LogP contribution in [0.1, 0.15) is 5.56 Å². The van der Waals surface area contributed by atoms with Crippen molar-refractivity contribution in [2.24, 2.45) is 0 Å². The van der Waals surface area contributed by atoms with E-state index in [9.17, 15) is 10.1 Å². The van der Waals surface area contributed by atoms with Crippen LogP contribution < -0.4 is 0 Å². The predicted octanol–water partition coefficient (Wildman–Crippen LogP) is 5.75.